The summed E-state index contributed by atoms with van der Waals surface area (Å²) in [5, 5.41) is 12.1. The highest BCUT2D eigenvalue weighted by molar-refractivity contribution is 7.99. The molecule has 0 aliphatic rings. The summed E-state index contributed by atoms with van der Waals surface area (Å²) in [4.78, 5) is 16.6. The molecule has 0 saturated heterocycles. The Morgan fingerprint density at radius 1 is 1.09 bits per heavy atom. The van der Waals surface area contributed by atoms with Crippen LogP contribution in [0.4, 0.5) is 5.69 Å². The molecule has 2 aromatic heterocycles. The van der Waals surface area contributed by atoms with Crippen LogP contribution in [0.1, 0.15) is 11.4 Å². The summed E-state index contributed by atoms with van der Waals surface area (Å²) >= 11 is 1.36. The number of para-hydroxylation sites is 2. The van der Waals surface area contributed by atoms with Crippen LogP contribution >= 0.6 is 11.8 Å². The Balaban J connectivity index is 1.33. The number of rotatable bonds is 10. The van der Waals surface area contributed by atoms with E-state index in [2.05, 4.69) is 32.6 Å². The van der Waals surface area contributed by atoms with Crippen molar-refractivity contribution >= 4 is 23.4 Å². The minimum absolute atomic E-state index is 0.132. The Morgan fingerprint density at radius 2 is 1.91 bits per heavy atom. The predicted molar refractivity (Wildman–Crippen MR) is 124 cm³/mol. The molecule has 8 nitrogen and oxygen atoms in total. The van der Waals surface area contributed by atoms with E-state index in [1.54, 1.807) is 12.5 Å². The standard InChI is InChI=1S/C23H24N6O2S/c1-18-26-27-23(29(18)15-19-7-3-2-4-8-19)32-16-22(30)25-20-9-5-6-10-21(20)31-14-13-28-12-11-24-17-28/h2-12,17H,13-16H2,1H3,(H,25,30). The maximum atomic E-state index is 12.6. The molecule has 4 aromatic rings. The number of nitrogens with zero attached hydrogens (tertiary/aromatic N) is 5. The van der Waals surface area contributed by atoms with E-state index in [1.807, 2.05) is 64.7 Å². The first-order valence-corrected chi connectivity index (χ1v) is 11.2. The van der Waals surface area contributed by atoms with Crippen LogP contribution in [-0.2, 0) is 17.9 Å². The van der Waals surface area contributed by atoms with Gasteiger partial charge in [0.25, 0.3) is 0 Å². The molecular weight excluding hydrogens is 424 g/mol. The fourth-order valence-electron chi connectivity index (χ4n) is 3.11. The maximum absolute atomic E-state index is 12.6. The van der Waals surface area contributed by atoms with Crippen LogP contribution in [0.2, 0.25) is 0 Å². The highest BCUT2D eigenvalue weighted by atomic mass is 32.2. The zero-order valence-electron chi connectivity index (χ0n) is 17.7. The van der Waals surface area contributed by atoms with Crippen molar-refractivity contribution in [2.75, 3.05) is 17.7 Å². The van der Waals surface area contributed by atoms with Crippen LogP contribution in [0.25, 0.3) is 0 Å². The second-order valence-electron chi connectivity index (χ2n) is 7.08. The van der Waals surface area contributed by atoms with Crippen LogP contribution in [0.3, 0.4) is 0 Å². The monoisotopic (exact) mass is 448 g/mol. The van der Waals surface area contributed by atoms with E-state index in [0.29, 0.717) is 36.3 Å². The van der Waals surface area contributed by atoms with Crippen LogP contribution in [0, 0.1) is 6.92 Å². The van der Waals surface area contributed by atoms with Gasteiger partial charge in [-0.2, -0.15) is 0 Å². The van der Waals surface area contributed by atoms with Crippen molar-refractivity contribution in [3.8, 4) is 5.75 Å². The molecule has 0 atom stereocenters. The van der Waals surface area contributed by atoms with Crippen LogP contribution in [-0.4, -0.2) is 42.6 Å². The quantitative estimate of drug-likeness (QED) is 0.373. The molecule has 0 aliphatic carbocycles. The number of imidazole rings is 1. The van der Waals surface area contributed by atoms with Gasteiger partial charge in [0.2, 0.25) is 5.91 Å². The van der Waals surface area contributed by atoms with Gasteiger partial charge in [0, 0.05) is 12.4 Å². The lowest BCUT2D eigenvalue weighted by atomic mass is 10.2. The van der Waals surface area contributed by atoms with Gasteiger partial charge in [-0.25, -0.2) is 4.98 Å². The van der Waals surface area contributed by atoms with Crippen molar-refractivity contribution in [1.29, 1.82) is 0 Å². The van der Waals surface area contributed by atoms with Gasteiger partial charge in [-0.3, -0.25) is 4.79 Å². The molecule has 2 heterocycles. The van der Waals surface area contributed by atoms with Crippen LogP contribution in [0.5, 0.6) is 5.75 Å². The second kappa shape index (κ2) is 10.6. The van der Waals surface area contributed by atoms with Gasteiger partial charge < -0.3 is 19.2 Å². The summed E-state index contributed by atoms with van der Waals surface area (Å²) in [6.45, 7) is 3.73. The van der Waals surface area contributed by atoms with Gasteiger partial charge in [0.1, 0.15) is 18.2 Å². The molecule has 0 bridgehead atoms. The number of carbonyl (C=O) groups excluding carboxylic acids is 1. The van der Waals surface area contributed by atoms with E-state index in [-0.39, 0.29) is 11.7 Å². The van der Waals surface area contributed by atoms with Gasteiger partial charge in [-0.05, 0) is 24.6 Å². The predicted octanol–water partition coefficient (Wildman–Crippen LogP) is 3.64. The number of thioether (sulfide) groups is 1. The molecule has 0 saturated carbocycles. The number of hydrogen-bond acceptors (Lipinski definition) is 6. The third-order valence-corrected chi connectivity index (χ3v) is 5.71. The fraction of sp³-hybridized carbons (Fsp3) is 0.217. The molecular formula is C23H24N6O2S. The van der Waals surface area contributed by atoms with Gasteiger partial charge in [-0.15, -0.1) is 10.2 Å². The smallest absolute Gasteiger partial charge is 0.234 e. The Kier molecular flexibility index (Phi) is 7.19. The van der Waals surface area contributed by atoms with Crippen molar-refractivity contribution < 1.29 is 9.53 Å². The minimum atomic E-state index is -0.132. The van der Waals surface area contributed by atoms with E-state index < -0.39 is 0 Å². The molecule has 1 N–H and O–H groups in total. The number of benzene rings is 2. The summed E-state index contributed by atoms with van der Waals surface area (Å²) in [5.74, 6) is 1.53. The number of anilines is 1. The minimum Gasteiger partial charge on any atom is -0.490 e. The van der Waals surface area contributed by atoms with E-state index in [9.17, 15) is 4.79 Å². The molecule has 0 aliphatic heterocycles. The molecule has 164 valence electrons. The van der Waals surface area contributed by atoms with Gasteiger partial charge in [0.15, 0.2) is 5.16 Å². The topological polar surface area (TPSA) is 86.9 Å². The van der Waals surface area contributed by atoms with E-state index in [0.717, 1.165) is 11.4 Å². The first kappa shape index (κ1) is 21.6. The Hall–Kier alpha value is -3.59. The second-order valence-corrected chi connectivity index (χ2v) is 8.03. The van der Waals surface area contributed by atoms with E-state index in [1.165, 1.54) is 11.8 Å². The number of nitrogens with one attached hydrogen (secondary N) is 1. The van der Waals surface area contributed by atoms with Gasteiger partial charge in [0.05, 0.1) is 30.9 Å². The number of amides is 1. The molecule has 4 rings (SSSR count). The molecule has 1 amide bonds. The Labute approximate surface area is 190 Å². The third-order valence-electron chi connectivity index (χ3n) is 4.75. The highest BCUT2D eigenvalue weighted by Gasteiger charge is 2.13. The highest BCUT2D eigenvalue weighted by Crippen LogP contribution is 2.25. The van der Waals surface area contributed by atoms with Crippen molar-refractivity contribution in [2.45, 2.75) is 25.2 Å². The summed E-state index contributed by atoms with van der Waals surface area (Å²) in [7, 11) is 0. The summed E-state index contributed by atoms with van der Waals surface area (Å²) < 4.78 is 9.82. The molecule has 2 aromatic carbocycles. The average molecular weight is 449 g/mol. The van der Waals surface area contributed by atoms with Crippen molar-refractivity contribution in [3.63, 3.8) is 0 Å². The molecule has 0 unspecified atom stereocenters. The van der Waals surface area contributed by atoms with E-state index in [4.69, 9.17) is 4.74 Å². The summed E-state index contributed by atoms with van der Waals surface area (Å²) in [5.41, 5.74) is 1.80. The first-order valence-electron chi connectivity index (χ1n) is 10.2. The van der Waals surface area contributed by atoms with Crippen molar-refractivity contribution in [2.24, 2.45) is 0 Å². The van der Waals surface area contributed by atoms with Gasteiger partial charge >= 0.3 is 0 Å². The van der Waals surface area contributed by atoms with Crippen LogP contribution in [0.15, 0.2) is 78.5 Å². The van der Waals surface area contributed by atoms with Crippen LogP contribution < -0.4 is 10.1 Å². The van der Waals surface area contributed by atoms with Crippen molar-refractivity contribution in [3.05, 3.63) is 84.7 Å². The molecule has 0 fully saturated rings. The third kappa shape index (κ3) is 5.76. The molecule has 32 heavy (non-hydrogen) atoms. The average Bonchev–Trinajstić information content (AvgIpc) is 3.45. The Morgan fingerprint density at radius 3 is 2.72 bits per heavy atom. The lowest BCUT2D eigenvalue weighted by Gasteiger charge is -2.13. The number of ether oxygens (including phenoxy) is 1. The maximum Gasteiger partial charge on any atom is 0.234 e. The molecule has 0 radical (unpaired) electrons. The summed E-state index contributed by atoms with van der Waals surface area (Å²) in [6, 6.07) is 17.5. The molecule has 0 spiro atoms. The molecule has 9 heteroatoms. The number of aromatic nitrogens is 5. The zero-order valence-corrected chi connectivity index (χ0v) is 18.5. The number of carbonyl (C=O) groups is 1. The summed E-state index contributed by atoms with van der Waals surface area (Å²) in [6.07, 6.45) is 5.35. The lowest BCUT2D eigenvalue weighted by Crippen LogP contribution is -2.16. The normalized spacial score (nSPS) is 10.8. The number of aryl methyl sites for hydroxylation is 1. The van der Waals surface area contributed by atoms with Gasteiger partial charge in [-0.1, -0.05) is 54.2 Å². The largest absolute Gasteiger partial charge is 0.490 e. The number of hydrogen-bond donors (Lipinski definition) is 1. The zero-order chi connectivity index (χ0) is 22.2. The van der Waals surface area contributed by atoms with E-state index >= 15 is 0 Å². The Bertz CT molecular complexity index is 1140. The first-order chi connectivity index (χ1) is 15.7. The fourth-order valence-corrected chi connectivity index (χ4v) is 3.89. The lowest BCUT2D eigenvalue weighted by molar-refractivity contribution is -0.113. The SMILES string of the molecule is Cc1nnc(SCC(=O)Nc2ccccc2OCCn2ccnc2)n1Cc1ccccc1. The van der Waals surface area contributed by atoms with Crippen molar-refractivity contribution in [1.82, 2.24) is 24.3 Å².